The van der Waals surface area contributed by atoms with Gasteiger partial charge < -0.3 is 9.30 Å². The van der Waals surface area contributed by atoms with Crippen LogP contribution in [-0.4, -0.2) is 40.8 Å². The molecule has 8 heteroatoms. The van der Waals surface area contributed by atoms with Crippen LogP contribution in [0.3, 0.4) is 0 Å². The van der Waals surface area contributed by atoms with Crippen molar-refractivity contribution in [1.29, 1.82) is 0 Å². The number of aromatic nitrogens is 1. The summed E-state index contributed by atoms with van der Waals surface area (Å²) in [7, 11) is 1.67. The molecule has 0 aliphatic carbocycles. The second kappa shape index (κ2) is 11.8. The first-order valence-electron chi connectivity index (χ1n) is 12.3. The SMILES string of the molecule is COCCCN1C(=O)/C(=C/c2c(C)n(Cc3ccc(Cl)cc3Cl)c3ccccc23)SC1=Nc1ccccc1. The van der Waals surface area contributed by atoms with Gasteiger partial charge in [0.15, 0.2) is 5.17 Å². The fourth-order valence-electron chi connectivity index (χ4n) is 4.56. The van der Waals surface area contributed by atoms with Gasteiger partial charge in [0.25, 0.3) is 5.91 Å². The molecule has 194 valence electrons. The quantitative estimate of drug-likeness (QED) is 0.161. The van der Waals surface area contributed by atoms with Crippen molar-refractivity contribution in [3.8, 4) is 0 Å². The maximum absolute atomic E-state index is 13.6. The van der Waals surface area contributed by atoms with Gasteiger partial charge in [0, 0.05) is 59.0 Å². The van der Waals surface area contributed by atoms with Gasteiger partial charge in [-0.2, -0.15) is 0 Å². The number of carbonyl (C=O) groups excluding carboxylic acids is 1. The molecule has 1 saturated heterocycles. The molecule has 5 nitrogen and oxygen atoms in total. The molecule has 1 aliphatic rings. The van der Waals surface area contributed by atoms with Crippen molar-refractivity contribution in [2.24, 2.45) is 4.99 Å². The Hall–Kier alpha value is -3.03. The molecule has 1 aromatic heterocycles. The summed E-state index contributed by atoms with van der Waals surface area (Å²) >= 11 is 14.0. The summed E-state index contributed by atoms with van der Waals surface area (Å²) in [6.07, 6.45) is 2.73. The Balaban J connectivity index is 1.55. The van der Waals surface area contributed by atoms with Crippen LogP contribution in [0.25, 0.3) is 17.0 Å². The monoisotopic (exact) mass is 563 g/mol. The van der Waals surface area contributed by atoms with Crippen molar-refractivity contribution in [3.63, 3.8) is 0 Å². The van der Waals surface area contributed by atoms with E-state index in [2.05, 4.69) is 23.6 Å². The Bertz CT molecular complexity index is 1550. The molecule has 2 heterocycles. The van der Waals surface area contributed by atoms with E-state index in [1.807, 2.05) is 60.7 Å². The third-order valence-electron chi connectivity index (χ3n) is 6.50. The number of benzene rings is 3. The van der Waals surface area contributed by atoms with E-state index in [0.717, 1.165) is 39.8 Å². The summed E-state index contributed by atoms with van der Waals surface area (Å²) in [5, 5.41) is 3.00. The van der Waals surface area contributed by atoms with Gasteiger partial charge in [0.1, 0.15) is 0 Å². The van der Waals surface area contributed by atoms with Crippen molar-refractivity contribution < 1.29 is 9.53 Å². The van der Waals surface area contributed by atoms with Crippen LogP contribution in [0.2, 0.25) is 10.0 Å². The van der Waals surface area contributed by atoms with Crippen LogP contribution in [0.5, 0.6) is 0 Å². The second-order valence-corrected chi connectivity index (χ2v) is 10.8. The molecule has 0 N–H and O–H groups in total. The van der Waals surface area contributed by atoms with Gasteiger partial charge in [-0.3, -0.25) is 9.69 Å². The van der Waals surface area contributed by atoms with Crippen molar-refractivity contribution >= 4 is 68.7 Å². The lowest BCUT2D eigenvalue weighted by atomic mass is 10.1. The number of ether oxygens (including phenoxy) is 1. The number of hydrogen-bond acceptors (Lipinski definition) is 4. The molecular weight excluding hydrogens is 537 g/mol. The number of amides is 1. The van der Waals surface area contributed by atoms with E-state index in [1.165, 1.54) is 11.8 Å². The fraction of sp³-hybridized carbons (Fsp3) is 0.200. The first-order valence-corrected chi connectivity index (χ1v) is 13.9. The summed E-state index contributed by atoms with van der Waals surface area (Å²) in [6.45, 7) is 3.79. The fourth-order valence-corrected chi connectivity index (χ4v) is 6.04. The Labute approximate surface area is 236 Å². The zero-order valence-electron chi connectivity index (χ0n) is 21.2. The second-order valence-electron chi connectivity index (χ2n) is 8.98. The van der Waals surface area contributed by atoms with Crippen molar-refractivity contribution in [2.75, 3.05) is 20.3 Å². The standard InChI is InChI=1S/C30H27Cl2N3O2S/c1-20-25(24-11-6-7-12-27(24)35(20)19-21-13-14-22(31)17-26(21)32)18-28-29(36)34(15-8-16-37-2)30(38-28)33-23-9-4-3-5-10-23/h3-7,9-14,17-18H,8,15-16,19H2,1-2H3/b28-18-,33-30?. The maximum Gasteiger partial charge on any atom is 0.266 e. The minimum atomic E-state index is -0.0437. The molecule has 38 heavy (non-hydrogen) atoms. The lowest BCUT2D eigenvalue weighted by Crippen LogP contribution is -2.30. The molecule has 1 aliphatic heterocycles. The molecule has 0 radical (unpaired) electrons. The van der Waals surface area contributed by atoms with Gasteiger partial charge in [0.05, 0.1) is 10.6 Å². The highest BCUT2D eigenvalue weighted by Gasteiger charge is 2.33. The predicted octanol–water partition coefficient (Wildman–Crippen LogP) is 7.95. The van der Waals surface area contributed by atoms with Crippen LogP contribution in [0.15, 0.2) is 82.7 Å². The normalized spacial score (nSPS) is 15.9. The van der Waals surface area contributed by atoms with Crippen molar-refractivity contribution in [2.45, 2.75) is 19.9 Å². The molecular formula is C30H27Cl2N3O2S. The zero-order valence-corrected chi connectivity index (χ0v) is 23.5. The maximum atomic E-state index is 13.6. The third-order valence-corrected chi connectivity index (χ3v) is 8.09. The van der Waals surface area contributed by atoms with E-state index < -0.39 is 0 Å². The van der Waals surface area contributed by atoms with Crippen LogP contribution < -0.4 is 0 Å². The number of halogens is 2. The van der Waals surface area contributed by atoms with Gasteiger partial charge in [-0.15, -0.1) is 0 Å². The molecule has 4 aromatic rings. The summed E-state index contributed by atoms with van der Waals surface area (Å²) < 4.78 is 7.46. The Kier molecular flexibility index (Phi) is 8.24. The minimum absolute atomic E-state index is 0.0437. The molecule has 0 unspecified atom stereocenters. The van der Waals surface area contributed by atoms with E-state index in [1.54, 1.807) is 18.1 Å². The molecule has 1 amide bonds. The molecule has 0 bridgehead atoms. The lowest BCUT2D eigenvalue weighted by molar-refractivity contribution is -0.122. The van der Waals surface area contributed by atoms with Crippen LogP contribution in [0, 0.1) is 6.92 Å². The van der Waals surface area contributed by atoms with Crippen molar-refractivity contribution in [3.05, 3.63) is 105 Å². The number of hydrogen-bond donors (Lipinski definition) is 0. The van der Waals surface area contributed by atoms with Crippen LogP contribution in [0.1, 0.15) is 23.2 Å². The van der Waals surface area contributed by atoms with Gasteiger partial charge in [-0.05, 0) is 67.1 Å². The molecule has 0 atom stereocenters. The van der Waals surface area contributed by atoms with Gasteiger partial charge in [-0.1, -0.05) is 65.7 Å². The Morgan fingerprint density at radius 2 is 1.79 bits per heavy atom. The third kappa shape index (κ3) is 5.54. The Morgan fingerprint density at radius 1 is 1.03 bits per heavy atom. The zero-order chi connectivity index (χ0) is 26.6. The number of methoxy groups -OCH3 is 1. The number of nitrogens with zero attached hydrogens (tertiary/aromatic N) is 3. The molecule has 3 aromatic carbocycles. The summed E-state index contributed by atoms with van der Waals surface area (Å²) in [4.78, 5) is 20.8. The molecule has 0 saturated carbocycles. The molecule has 0 spiro atoms. The topological polar surface area (TPSA) is 46.8 Å². The number of rotatable bonds is 8. The number of thioether (sulfide) groups is 1. The minimum Gasteiger partial charge on any atom is -0.385 e. The Morgan fingerprint density at radius 3 is 2.55 bits per heavy atom. The van der Waals surface area contributed by atoms with E-state index in [-0.39, 0.29) is 5.91 Å². The summed E-state index contributed by atoms with van der Waals surface area (Å²) in [6, 6.07) is 23.5. The van der Waals surface area contributed by atoms with Gasteiger partial charge >= 0.3 is 0 Å². The summed E-state index contributed by atoms with van der Waals surface area (Å²) in [5.41, 5.74) is 4.94. The molecule has 5 rings (SSSR count). The van der Waals surface area contributed by atoms with E-state index in [0.29, 0.717) is 39.8 Å². The summed E-state index contributed by atoms with van der Waals surface area (Å²) in [5.74, 6) is -0.0437. The average Bonchev–Trinajstić information content (AvgIpc) is 3.35. The number of amidine groups is 1. The average molecular weight is 565 g/mol. The van der Waals surface area contributed by atoms with Crippen molar-refractivity contribution in [1.82, 2.24) is 9.47 Å². The number of aliphatic imine (C=N–C) groups is 1. The predicted molar refractivity (Wildman–Crippen MR) is 160 cm³/mol. The lowest BCUT2D eigenvalue weighted by Gasteiger charge is -2.15. The van der Waals surface area contributed by atoms with E-state index in [4.69, 9.17) is 32.9 Å². The highest BCUT2D eigenvalue weighted by Crippen LogP contribution is 2.37. The van der Waals surface area contributed by atoms with E-state index >= 15 is 0 Å². The number of fused-ring (bicyclic) bond motifs is 1. The van der Waals surface area contributed by atoms with E-state index in [9.17, 15) is 4.79 Å². The van der Waals surface area contributed by atoms with Gasteiger partial charge in [0.2, 0.25) is 0 Å². The van der Waals surface area contributed by atoms with Crippen LogP contribution in [0.4, 0.5) is 5.69 Å². The van der Waals surface area contributed by atoms with Crippen LogP contribution >= 0.6 is 35.0 Å². The van der Waals surface area contributed by atoms with Gasteiger partial charge in [-0.25, -0.2) is 4.99 Å². The largest absolute Gasteiger partial charge is 0.385 e. The van der Waals surface area contributed by atoms with Crippen LogP contribution in [-0.2, 0) is 16.1 Å². The highest BCUT2D eigenvalue weighted by atomic mass is 35.5. The first-order chi connectivity index (χ1) is 18.5. The molecule has 1 fully saturated rings. The first kappa shape index (κ1) is 26.6. The number of para-hydroxylation sites is 2. The number of carbonyl (C=O) groups is 1. The smallest absolute Gasteiger partial charge is 0.266 e. The highest BCUT2D eigenvalue weighted by molar-refractivity contribution is 8.18.